The van der Waals surface area contributed by atoms with Gasteiger partial charge in [-0.25, -0.2) is 4.79 Å². The summed E-state index contributed by atoms with van der Waals surface area (Å²) in [7, 11) is 1.64. The standard InChI is InChI=1S/C26H23ClN2O3/c1-16-3-12-23-22(15-16)21-13-14-29(26(30)32-20-10-6-18(27)7-11-20)25(24(21)28-23)17-4-8-19(31-2)9-5-17/h3-12,15,25,28H,13-14H2,1-2H3. The number of carbonyl (C=O) groups excluding carboxylic acids is 1. The van der Waals surface area contributed by atoms with Crippen LogP contribution in [0.5, 0.6) is 11.5 Å². The molecule has 0 bridgehead atoms. The van der Waals surface area contributed by atoms with Crippen LogP contribution >= 0.6 is 11.6 Å². The zero-order valence-electron chi connectivity index (χ0n) is 17.9. The fourth-order valence-electron chi connectivity index (χ4n) is 4.39. The monoisotopic (exact) mass is 446 g/mol. The third-order valence-corrected chi connectivity index (χ3v) is 6.22. The van der Waals surface area contributed by atoms with E-state index in [0.717, 1.165) is 28.9 Å². The van der Waals surface area contributed by atoms with Crippen molar-refractivity contribution in [2.75, 3.05) is 13.7 Å². The summed E-state index contributed by atoms with van der Waals surface area (Å²) in [5.41, 5.74) is 5.55. The molecule has 0 saturated heterocycles. The molecule has 6 heteroatoms. The third kappa shape index (κ3) is 3.69. The molecule has 0 saturated carbocycles. The average molecular weight is 447 g/mol. The minimum absolute atomic E-state index is 0.294. The first-order valence-corrected chi connectivity index (χ1v) is 10.9. The van der Waals surface area contributed by atoms with E-state index in [1.165, 1.54) is 16.5 Å². The van der Waals surface area contributed by atoms with E-state index in [1.807, 2.05) is 24.3 Å². The second-order valence-corrected chi connectivity index (χ2v) is 8.44. The highest BCUT2D eigenvalue weighted by atomic mass is 35.5. The Morgan fingerprint density at radius 3 is 2.47 bits per heavy atom. The second kappa shape index (κ2) is 8.24. The van der Waals surface area contributed by atoms with E-state index in [9.17, 15) is 4.79 Å². The van der Waals surface area contributed by atoms with Gasteiger partial charge in [-0.15, -0.1) is 0 Å². The number of fused-ring (bicyclic) bond motifs is 3. The number of hydrogen-bond donors (Lipinski definition) is 1. The number of benzene rings is 3. The Kier molecular flexibility index (Phi) is 5.27. The molecule has 0 radical (unpaired) electrons. The molecule has 5 nitrogen and oxygen atoms in total. The summed E-state index contributed by atoms with van der Waals surface area (Å²) in [6.45, 7) is 2.65. The predicted octanol–water partition coefficient (Wildman–Crippen LogP) is 6.28. The number of amides is 1. The first-order chi connectivity index (χ1) is 15.5. The zero-order chi connectivity index (χ0) is 22.2. The molecule has 0 spiro atoms. The summed E-state index contributed by atoms with van der Waals surface area (Å²) in [4.78, 5) is 18.6. The van der Waals surface area contributed by atoms with E-state index in [1.54, 1.807) is 36.3 Å². The minimum atomic E-state index is -0.395. The van der Waals surface area contributed by atoms with Crippen molar-refractivity contribution in [2.45, 2.75) is 19.4 Å². The summed E-state index contributed by atoms with van der Waals surface area (Å²) in [6.07, 6.45) is 0.356. The highest BCUT2D eigenvalue weighted by Crippen LogP contribution is 2.39. The number of methoxy groups -OCH3 is 1. The SMILES string of the molecule is COc1ccc(C2c3[nH]c4ccc(C)cc4c3CCN2C(=O)Oc2ccc(Cl)cc2)cc1. The molecule has 162 valence electrons. The molecule has 2 heterocycles. The van der Waals surface area contributed by atoms with Crippen molar-refractivity contribution < 1.29 is 14.3 Å². The number of nitrogens with one attached hydrogen (secondary N) is 1. The van der Waals surface area contributed by atoms with Crippen LogP contribution in [0.25, 0.3) is 10.9 Å². The predicted molar refractivity (Wildman–Crippen MR) is 126 cm³/mol. The molecule has 0 aliphatic carbocycles. The van der Waals surface area contributed by atoms with Crippen LogP contribution in [0.15, 0.2) is 66.7 Å². The van der Waals surface area contributed by atoms with Gasteiger partial charge >= 0.3 is 6.09 Å². The van der Waals surface area contributed by atoms with E-state index in [-0.39, 0.29) is 6.04 Å². The van der Waals surface area contributed by atoms with Crippen LogP contribution in [0.1, 0.15) is 28.4 Å². The first-order valence-electron chi connectivity index (χ1n) is 10.5. The molecule has 4 aromatic rings. The molecule has 0 fully saturated rings. The summed E-state index contributed by atoms with van der Waals surface area (Å²) in [5, 5.41) is 1.81. The van der Waals surface area contributed by atoms with Gasteiger partial charge in [0.05, 0.1) is 7.11 Å². The van der Waals surface area contributed by atoms with Crippen molar-refractivity contribution in [3.05, 3.63) is 94.1 Å². The van der Waals surface area contributed by atoms with Crippen molar-refractivity contribution >= 4 is 28.6 Å². The van der Waals surface area contributed by atoms with Gasteiger partial charge in [0, 0.05) is 28.2 Å². The maximum absolute atomic E-state index is 13.3. The highest BCUT2D eigenvalue weighted by molar-refractivity contribution is 6.30. The van der Waals surface area contributed by atoms with E-state index < -0.39 is 6.09 Å². The van der Waals surface area contributed by atoms with Crippen molar-refractivity contribution in [3.8, 4) is 11.5 Å². The van der Waals surface area contributed by atoms with Gasteiger partial charge in [0.15, 0.2) is 0 Å². The first kappa shape index (κ1) is 20.5. The molecule has 5 rings (SSSR count). The van der Waals surface area contributed by atoms with Crippen LogP contribution in [0.2, 0.25) is 5.02 Å². The summed E-state index contributed by atoms with van der Waals surface area (Å²) < 4.78 is 11.0. The molecule has 1 amide bonds. The Bertz CT molecular complexity index is 1280. The smallest absolute Gasteiger partial charge is 0.416 e. The lowest BCUT2D eigenvalue weighted by Crippen LogP contribution is -2.42. The fraction of sp³-hybridized carbons (Fsp3) is 0.192. The Morgan fingerprint density at radius 2 is 1.75 bits per heavy atom. The number of aromatic amines is 1. The molecule has 32 heavy (non-hydrogen) atoms. The lowest BCUT2D eigenvalue weighted by Gasteiger charge is -2.35. The number of nitrogens with zero attached hydrogens (tertiary/aromatic N) is 1. The summed E-state index contributed by atoms with van der Waals surface area (Å²) in [5.74, 6) is 1.23. The summed E-state index contributed by atoms with van der Waals surface area (Å²) >= 11 is 5.97. The number of halogens is 1. The topological polar surface area (TPSA) is 54.6 Å². The van der Waals surface area contributed by atoms with E-state index in [4.69, 9.17) is 21.1 Å². The van der Waals surface area contributed by atoms with E-state index >= 15 is 0 Å². The number of aryl methyl sites for hydroxylation is 1. The number of hydrogen-bond acceptors (Lipinski definition) is 3. The lowest BCUT2D eigenvalue weighted by atomic mass is 9.92. The highest BCUT2D eigenvalue weighted by Gasteiger charge is 2.35. The maximum atomic E-state index is 13.3. The molecule has 1 aliphatic rings. The molecule has 1 N–H and O–H groups in total. The molecule has 3 aromatic carbocycles. The van der Waals surface area contributed by atoms with E-state index in [2.05, 4.69) is 30.1 Å². The lowest BCUT2D eigenvalue weighted by molar-refractivity contribution is 0.135. The van der Waals surface area contributed by atoms with Crippen molar-refractivity contribution in [1.82, 2.24) is 9.88 Å². The third-order valence-electron chi connectivity index (χ3n) is 5.97. The molecule has 1 aromatic heterocycles. The number of rotatable bonds is 3. The Hall–Kier alpha value is -3.44. The van der Waals surface area contributed by atoms with Gasteiger partial charge in [-0.05, 0) is 73.0 Å². The number of H-pyrrole nitrogens is 1. The van der Waals surface area contributed by atoms with Crippen LogP contribution in [0.3, 0.4) is 0 Å². The van der Waals surface area contributed by atoms with Gasteiger partial charge < -0.3 is 14.5 Å². The van der Waals surface area contributed by atoms with Crippen LogP contribution in [-0.2, 0) is 6.42 Å². The van der Waals surface area contributed by atoms with Gasteiger partial charge in [0.1, 0.15) is 17.5 Å². The summed E-state index contributed by atoms with van der Waals surface area (Å²) in [6, 6.07) is 20.7. The number of carbonyl (C=O) groups is 1. The molecule has 1 unspecified atom stereocenters. The van der Waals surface area contributed by atoms with Crippen molar-refractivity contribution in [2.24, 2.45) is 0 Å². The average Bonchev–Trinajstić information content (AvgIpc) is 3.18. The van der Waals surface area contributed by atoms with Crippen LogP contribution in [0, 0.1) is 6.92 Å². The van der Waals surface area contributed by atoms with Crippen LogP contribution in [-0.4, -0.2) is 29.6 Å². The quantitative estimate of drug-likeness (QED) is 0.402. The van der Waals surface area contributed by atoms with Gasteiger partial charge in [-0.2, -0.15) is 0 Å². The van der Waals surface area contributed by atoms with E-state index in [0.29, 0.717) is 17.3 Å². The normalized spacial score (nSPS) is 15.5. The Balaban J connectivity index is 1.57. The number of ether oxygens (including phenoxy) is 2. The second-order valence-electron chi connectivity index (χ2n) is 8.01. The van der Waals surface area contributed by atoms with Gasteiger partial charge in [0.2, 0.25) is 0 Å². The molecular formula is C26H23ClN2O3. The fourth-order valence-corrected chi connectivity index (χ4v) is 4.52. The van der Waals surface area contributed by atoms with Gasteiger partial charge in [0.25, 0.3) is 0 Å². The zero-order valence-corrected chi connectivity index (χ0v) is 18.6. The van der Waals surface area contributed by atoms with Crippen LogP contribution < -0.4 is 9.47 Å². The molecule has 1 atom stereocenters. The molecular weight excluding hydrogens is 424 g/mol. The van der Waals surface area contributed by atoms with Crippen molar-refractivity contribution in [3.63, 3.8) is 0 Å². The number of aromatic nitrogens is 1. The Labute approximate surface area is 191 Å². The van der Waals surface area contributed by atoms with Crippen molar-refractivity contribution in [1.29, 1.82) is 0 Å². The minimum Gasteiger partial charge on any atom is -0.497 e. The largest absolute Gasteiger partial charge is 0.497 e. The van der Waals surface area contributed by atoms with Crippen LogP contribution in [0.4, 0.5) is 4.79 Å². The van der Waals surface area contributed by atoms with Gasteiger partial charge in [-0.1, -0.05) is 35.4 Å². The Morgan fingerprint density at radius 1 is 1.03 bits per heavy atom. The molecule has 1 aliphatic heterocycles. The van der Waals surface area contributed by atoms with Gasteiger partial charge in [-0.3, -0.25) is 4.90 Å². The maximum Gasteiger partial charge on any atom is 0.416 e.